The van der Waals surface area contributed by atoms with Crippen molar-refractivity contribution in [3.05, 3.63) is 66.7 Å². The van der Waals surface area contributed by atoms with Crippen LogP contribution in [0.25, 0.3) is 33.2 Å². The van der Waals surface area contributed by atoms with Crippen molar-refractivity contribution in [2.45, 2.75) is 4.90 Å². The molecule has 2 heterocycles. The number of pyridine rings is 2. The Morgan fingerprint density at radius 2 is 1.38 bits per heavy atom. The third-order valence-electron chi connectivity index (χ3n) is 3.83. The van der Waals surface area contributed by atoms with Gasteiger partial charge < -0.3 is 0 Å². The van der Waals surface area contributed by atoms with Crippen molar-refractivity contribution in [3.8, 4) is 11.4 Å². The fourth-order valence-electron chi connectivity index (χ4n) is 2.70. The Hall–Kier alpha value is -2.83. The molecule has 0 radical (unpaired) electrons. The molecule has 0 spiro atoms. The van der Waals surface area contributed by atoms with E-state index in [1.54, 1.807) is 24.3 Å². The highest BCUT2D eigenvalue weighted by molar-refractivity contribution is 7.86. The average molecular weight is 336 g/mol. The summed E-state index contributed by atoms with van der Waals surface area (Å²) in [7, 11) is -4.29. The molecule has 2 aromatic carbocycles. The summed E-state index contributed by atoms with van der Waals surface area (Å²) in [4.78, 5) is 8.93. The molecule has 0 saturated heterocycles. The topological polar surface area (TPSA) is 80.2 Å². The molecule has 6 heteroatoms. The van der Waals surface area contributed by atoms with Crippen LogP contribution < -0.4 is 0 Å². The second-order valence-corrected chi connectivity index (χ2v) is 6.77. The van der Waals surface area contributed by atoms with Gasteiger partial charge in [0, 0.05) is 10.8 Å². The van der Waals surface area contributed by atoms with Crippen molar-refractivity contribution in [1.29, 1.82) is 0 Å². The summed E-state index contributed by atoms with van der Waals surface area (Å²) in [6.07, 6.45) is 0. The zero-order valence-electron chi connectivity index (χ0n) is 12.4. The summed E-state index contributed by atoms with van der Waals surface area (Å²) in [5.74, 6) is 0. The number of aromatic nitrogens is 2. The lowest BCUT2D eigenvalue weighted by molar-refractivity contribution is 0.484. The van der Waals surface area contributed by atoms with Crippen LogP contribution in [0, 0.1) is 0 Å². The first kappa shape index (κ1) is 14.7. The van der Waals surface area contributed by atoms with E-state index in [4.69, 9.17) is 0 Å². The van der Waals surface area contributed by atoms with Crippen molar-refractivity contribution >= 4 is 31.9 Å². The van der Waals surface area contributed by atoms with Crippen LogP contribution in [0.3, 0.4) is 0 Å². The highest BCUT2D eigenvalue weighted by Crippen LogP contribution is 2.25. The molecular weight excluding hydrogens is 324 g/mol. The van der Waals surface area contributed by atoms with Gasteiger partial charge in [-0.2, -0.15) is 8.42 Å². The Morgan fingerprint density at radius 3 is 2.17 bits per heavy atom. The van der Waals surface area contributed by atoms with E-state index in [0.29, 0.717) is 22.3 Å². The maximum Gasteiger partial charge on any atom is 0.295 e. The van der Waals surface area contributed by atoms with E-state index in [1.807, 2.05) is 36.4 Å². The summed E-state index contributed by atoms with van der Waals surface area (Å²) in [5, 5.41) is 1.42. The molecule has 0 saturated carbocycles. The minimum atomic E-state index is -4.29. The lowest BCUT2D eigenvalue weighted by Gasteiger charge is -2.06. The molecule has 0 atom stereocenters. The molecule has 0 bridgehead atoms. The van der Waals surface area contributed by atoms with E-state index < -0.39 is 10.1 Å². The first-order valence-electron chi connectivity index (χ1n) is 7.26. The average Bonchev–Trinajstić information content (AvgIpc) is 2.59. The van der Waals surface area contributed by atoms with Gasteiger partial charge in [-0.05, 0) is 36.4 Å². The van der Waals surface area contributed by atoms with Gasteiger partial charge in [-0.1, -0.05) is 30.3 Å². The van der Waals surface area contributed by atoms with Gasteiger partial charge in [-0.25, -0.2) is 9.97 Å². The van der Waals surface area contributed by atoms with Crippen LogP contribution in [0.5, 0.6) is 0 Å². The van der Waals surface area contributed by atoms with Gasteiger partial charge in [0.15, 0.2) is 0 Å². The first-order chi connectivity index (χ1) is 11.5. The monoisotopic (exact) mass is 336 g/mol. The van der Waals surface area contributed by atoms with Crippen molar-refractivity contribution in [2.24, 2.45) is 0 Å². The molecule has 0 aliphatic carbocycles. The van der Waals surface area contributed by atoms with E-state index >= 15 is 0 Å². The van der Waals surface area contributed by atoms with Crippen LogP contribution in [0.1, 0.15) is 0 Å². The number of fused-ring (bicyclic) bond motifs is 2. The van der Waals surface area contributed by atoms with E-state index in [9.17, 15) is 13.0 Å². The zero-order valence-corrected chi connectivity index (χ0v) is 13.2. The Labute approximate surface area is 138 Å². The van der Waals surface area contributed by atoms with Crippen molar-refractivity contribution in [2.75, 3.05) is 0 Å². The molecule has 2 aromatic heterocycles. The Bertz CT molecular complexity index is 1190. The lowest BCUT2D eigenvalue weighted by atomic mass is 10.1. The Morgan fingerprint density at radius 1 is 0.708 bits per heavy atom. The second-order valence-electron chi connectivity index (χ2n) is 5.38. The smallest absolute Gasteiger partial charge is 0.282 e. The number of hydrogen-bond donors (Lipinski definition) is 1. The molecule has 4 rings (SSSR count). The predicted octanol–water partition coefficient (Wildman–Crippen LogP) is 3.70. The van der Waals surface area contributed by atoms with Crippen LogP contribution in [-0.2, 0) is 10.1 Å². The minimum Gasteiger partial charge on any atom is -0.282 e. The summed E-state index contributed by atoms with van der Waals surface area (Å²) >= 11 is 0. The SMILES string of the molecule is O=S(=O)(O)c1cccc2nc(-c3ccc4ccccc4n3)ccc12. The highest BCUT2D eigenvalue weighted by Gasteiger charge is 2.14. The molecule has 0 amide bonds. The number of hydrogen-bond acceptors (Lipinski definition) is 4. The van der Waals surface area contributed by atoms with Crippen LogP contribution in [0.15, 0.2) is 71.6 Å². The van der Waals surface area contributed by atoms with E-state index in [-0.39, 0.29) is 4.90 Å². The van der Waals surface area contributed by atoms with Crippen LogP contribution in [0.2, 0.25) is 0 Å². The van der Waals surface area contributed by atoms with Gasteiger partial charge in [0.2, 0.25) is 0 Å². The van der Waals surface area contributed by atoms with Crippen LogP contribution in [-0.4, -0.2) is 22.9 Å². The molecule has 1 N–H and O–H groups in total. The van der Waals surface area contributed by atoms with Gasteiger partial charge in [-0.3, -0.25) is 4.55 Å². The van der Waals surface area contributed by atoms with Gasteiger partial charge in [0.25, 0.3) is 10.1 Å². The van der Waals surface area contributed by atoms with Gasteiger partial charge in [0.05, 0.1) is 22.4 Å². The summed E-state index contributed by atoms with van der Waals surface area (Å²) < 4.78 is 32.3. The molecule has 24 heavy (non-hydrogen) atoms. The van der Waals surface area contributed by atoms with Crippen molar-refractivity contribution in [3.63, 3.8) is 0 Å². The minimum absolute atomic E-state index is 0.148. The molecule has 4 aromatic rings. The number of para-hydroxylation sites is 1. The molecule has 5 nitrogen and oxygen atoms in total. The first-order valence-corrected chi connectivity index (χ1v) is 8.70. The summed E-state index contributed by atoms with van der Waals surface area (Å²) in [6, 6.07) is 19.6. The van der Waals surface area contributed by atoms with Gasteiger partial charge >= 0.3 is 0 Å². The van der Waals surface area contributed by atoms with Crippen LogP contribution in [0.4, 0.5) is 0 Å². The van der Waals surface area contributed by atoms with E-state index in [0.717, 1.165) is 10.9 Å². The normalized spacial score (nSPS) is 11.9. The Balaban J connectivity index is 1.91. The standard InChI is InChI=1S/C18H12N2O3S/c21-24(22,23)18-7-3-6-15-13(18)9-11-17(20-15)16-10-8-12-4-1-2-5-14(12)19-16/h1-11H,(H,21,22,23). The maximum atomic E-state index is 11.5. The van der Waals surface area contributed by atoms with Crippen LogP contribution >= 0.6 is 0 Å². The molecule has 0 aliphatic rings. The maximum absolute atomic E-state index is 11.5. The highest BCUT2D eigenvalue weighted by atomic mass is 32.2. The third-order valence-corrected chi connectivity index (χ3v) is 4.74. The molecule has 0 fully saturated rings. The van der Waals surface area contributed by atoms with Crippen molar-refractivity contribution in [1.82, 2.24) is 9.97 Å². The molecule has 0 aliphatic heterocycles. The fourth-order valence-corrected chi connectivity index (χ4v) is 3.40. The molecule has 118 valence electrons. The van der Waals surface area contributed by atoms with Gasteiger partial charge in [-0.15, -0.1) is 0 Å². The Kier molecular flexibility index (Phi) is 3.30. The summed E-state index contributed by atoms with van der Waals surface area (Å²) in [6.45, 7) is 0. The number of nitrogens with zero attached hydrogens (tertiary/aromatic N) is 2. The molecule has 0 unspecified atom stereocenters. The second kappa shape index (κ2) is 5.36. The number of benzene rings is 2. The van der Waals surface area contributed by atoms with Crippen molar-refractivity contribution < 1.29 is 13.0 Å². The largest absolute Gasteiger partial charge is 0.295 e. The lowest BCUT2D eigenvalue weighted by Crippen LogP contribution is -1.99. The van der Waals surface area contributed by atoms with Gasteiger partial charge in [0.1, 0.15) is 4.90 Å². The zero-order chi connectivity index (χ0) is 16.7. The van der Waals surface area contributed by atoms with E-state index in [1.165, 1.54) is 6.07 Å². The quantitative estimate of drug-likeness (QED) is 0.565. The third kappa shape index (κ3) is 2.51. The number of rotatable bonds is 2. The predicted molar refractivity (Wildman–Crippen MR) is 92.3 cm³/mol. The fraction of sp³-hybridized carbons (Fsp3) is 0. The molecular formula is C18H12N2O3S. The summed E-state index contributed by atoms with van der Waals surface area (Å²) in [5.41, 5.74) is 2.69. The van der Waals surface area contributed by atoms with E-state index in [2.05, 4.69) is 9.97 Å².